The molecular formula is C11H14O4. The molecule has 0 radical (unpaired) electrons. The number of carbonyl (C=O) groups is 2. The Kier molecular flexibility index (Phi) is 5.78. The average Bonchev–Trinajstić information content (AvgIpc) is 2.10. The Labute approximate surface area is 88.2 Å². The molecule has 0 fully saturated rings. The van der Waals surface area contributed by atoms with Crippen molar-refractivity contribution in [1.29, 1.82) is 0 Å². The maximum absolute atomic E-state index is 10.4. The molecule has 0 aliphatic rings. The maximum atomic E-state index is 10.4. The van der Waals surface area contributed by atoms with Crippen LogP contribution in [-0.4, -0.2) is 22.2 Å². The summed E-state index contributed by atoms with van der Waals surface area (Å²) < 4.78 is 0. The minimum Gasteiger partial charge on any atom is -0.481 e. The molecule has 0 bridgehead atoms. The molecule has 0 amide bonds. The van der Waals surface area contributed by atoms with Crippen molar-refractivity contribution in [3.63, 3.8) is 0 Å². The average molecular weight is 210 g/mol. The topological polar surface area (TPSA) is 74.6 Å². The van der Waals surface area contributed by atoms with E-state index in [1.54, 1.807) is 19.1 Å². The van der Waals surface area contributed by atoms with E-state index in [0.717, 1.165) is 0 Å². The Morgan fingerprint density at radius 3 is 2.07 bits per heavy atom. The Morgan fingerprint density at radius 1 is 1.13 bits per heavy atom. The summed E-state index contributed by atoms with van der Waals surface area (Å²) in [5.41, 5.74) is 1.06. The lowest BCUT2D eigenvalue weighted by atomic mass is 10.1. The van der Waals surface area contributed by atoms with Crippen molar-refractivity contribution in [2.75, 3.05) is 0 Å². The minimum absolute atomic E-state index is 0.0760. The van der Waals surface area contributed by atoms with E-state index in [2.05, 4.69) is 6.58 Å². The summed E-state index contributed by atoms with van der Waals surface area (Å²) in [7, 11) is 0. The maximum Gasteiger partial charge on any atom is 0.307 e. The first kappa shape index (κ1) is 13.2. The lowest BCUT2D eigenvalue weighted by molar-refractivity contribution is -0.137. The number of rotatable bonds is 6. The van der Waals surface area contributed by atoms with Gasteiger partial charge in [-0.05, 0) is 18.1 Å². The highest BCUT2D eigenvalue weighted by Gasteiger charge is 2.01. The summed E-state index contributed by atoms with van der Waals surface area (Å²) in [4.78, 5) is 20.7. The van der Waals surface area contributed by atoms with E-state index in [4.69, 9.17) is 10.2 Å². The smallest absolute Gasteiger partial charge is 0.307 e. The molecule has 82 valence electrons. The third kappa shape index (κ3) is 7.25. The van der Waals surface area contributed by atoms with Crippen LogP contribution >= 0.6 is 0 Å². The van der Waals surface area contributed by atoms with E-state index in [1.165, 1.54) is 6.08 Å². The van der Waals surface area contributed by atoms with Crippen molar-refractivity contribution in [2.45, 2.75) is 19.8 Å². The second kappa shape index (κ2) is 6.59. The molecule has 2 N–H and O–H groups in total. The Hall–Kier alpha value is -1.84. The number of carboxylic acids is 2. The summed E-state index contributed by atoms with van der Waals surface area (Å²) in [6.45, 7) is 5.26. The van der Waals surface area contributed by atoms with Crippen LogP contribution in [0.3, 0.4) is 0 Å². The largest absolute Gasteiger partial charge is 0.481 e. The standard InChI is InChI=1S/C11H14O4/c1-3-9(7-11(14)15)5-4-8(2)6-10(12)13/h3-5H,2,6-7H2,1H3,(H,12,13)(H,14,15)/b5-4-,9-3+. The fraction of sp³-hybridized carbons (Fsp3) is 0.273. The van der Waals surface area contributed by atoms with Gasteiger partial charge in [-0.1, -0.05) is 24.8 Å². The predicted molar refractivity (Wildman–Crippen MR) is 56.5 cm³/mol. The van der Waals surface area contributed by atoms with Gasteiger partial charge in [0.15, 0.2) is 0 Å². The van der Waals surface area contributed by atoms with Crippen LogP contribution < -0.4 is 0 Å². The minimum atomic E-state index is -0.954. The molecular weight excluding hydrogens is 196 g/mol. The van der Waals surface area contributed by atoms with Crippen LogP contribution in [0.25, 0.3) is 0 Å². The highest BCUT2D eigenvalue weighted by atomic mass is 16.4. The second-order valence-corrected chi connectivity index (χ2v) is 3.00. The quantitative estimate of drug-likeness (QED) is 0.657. The van der Waals surface area contributed by atoms with Crippen molar-refractivity contribution in [3.8, 4) is 0 Å². The predicted octanol–water partition coefficient (Wildman–Crippen LogP) is 1.99. The van der Waals surface area contributed by atoms with E-state index in [1.807, 2.05) is 0 Å². The van der Waals surface area contributed by atoms with Crippen LogP contribution in [0.4, 0.5) is 0 Å². The first-order chi connectivity index (χ1) is 6.95. The van der Waals surface area contributed by atoms with Crippen molar-refractivity contribution in [3.05, 3.63) is 36.0 Å². The number of carboxylic acid groups (broad SMARTS) is 2. The van der Waals surface area contributed by atoms with Gasteiger partial charge in [0, 0.05) is 0 Å². The summed E-state index contributed by atoms with van der Waals surface area (Å²) in [6, 6.07) is 0. The molecule has 0 saturated carbocycles. The molecule has 0 spiro atoms. The SMILES string of the molecule is C=C(/C=C\C(=C/C)CC(=O)O)CC(=O)O. The molecule has 0 unspecified atom stereocenters. The molecule has 4 nitrogen and oxygen atoms in total. The Bertz CT molecular complexity index is 323. The number of hydrogen-bond donors (Lipinski definition) is 2. The Morgan fingerprint density at radius 2 is 1.67 bits per heavy atom. The fourth-order valence-corrected chi connectivity index (χ4v) is 0.910. The van der Waals surface area contributed by atoms with E-state index in [-0.39, 0.29) is 12.8 Å². The number of aliphatic carboxylic acids is 2. The van der Waals surface area contributed by atoms with Gasteiger partial charge in [-0.2, -0.15) is 0 Å². The molecule has 0 aromatic heterocycles. The summed E-state index contributed by atoms with van der Waals surface area (Å²) in [5.74, 6) is -1.87. The summed E-state index contributed by atoms with van der Waals surface area (Å²) in [5, 5.41) is 17.0. The second-order valence-electron chi connectivity index (χ2n) is 3.00. The highest BCUT2D eigenvalue weighted by Crippen LogP contribution is 2.07. The van der Waals surface area contributed by atoms with Gasteiger partial charge in [0.2, 0.25) is 0 Å². The van der Waals surface area contributed by atoms with Gasteiger partial charge in [0.1, 0.15) is 0 Å². The Balaban J connectivity index is 4.30. The van der Waals surface area contributed by atoms with Gasteiger partial charge in [-0.25, -0.2) is 0 Å². The number of hydrogen-bond acceptors (Lipinski definition) is 2. The molecule has 0 heterocycles. The zero-order valence-corrected chi connectivity index (χ0v) is 8.56. The van der Waals surface area contributed by atoms with Crippen LogP contribution in [0.2, 0.25) is 0 Å². The van der Waals surface area contributed by atoms with Crippen molar-refractivity contribution in [2.24, 2.45) is 0 Å². The molecule has 0 aromatic rings. The van der Waals surface area contributed by atoms with E-state index in [0.29, 0.717) is 11.1 Å². The molecule has 0 rings (SSSR count). The van der Waals surface area contributed by atoms with Crippen LogP contribution in [0.5, 0.6) is 0 Å². The van der Waals surface area contributed by atoms with Crippen LogP contribution in [-0.2, 0) is 9.59 Å². The highest BCUT2D eigenvalue weighted by molar-refractivity contribution is 5.72. The lowest BCUT2D eigenvalue weighted by Gasteiger charge is -1.97. The van der Waals surface area contributed by atoms with Crippen molar-refractivity contribution >= 4 is 11.9 Å². The van der Waals surface area contributed by atoms with Gasteiger partial charge >= 0.3 is 11.9 Å². The molecule has 0 atom stereocenters. The molecule has 0 aliphatic heterocycles. The zero-order valence-electron chi connectivity index (χ0n) is 8.56. The molecule has 4 heteroatoms. The van der Waals surface area contributed by atoms with Gasteiger partial charge in [-0.15, -0.1) is 0 Å². The van der Waals surface area contributed by atoms with Gasteiger partial charge in [0.25, 0.3) is 0 Å². The molecule has 15 heavy (non-hydrogen) atoms. The van der Waals surface area contributed by atoms with Gasteiger partial charge in [0.05, 0.1) is 12.8 Å². The first-order valence-electron chi connectivity index (χ1n) is 4.40. The molecule has 0 aliphatic carbocycles. The van der Waals surface area contributed by atoms with E-state index >= 15 is 0 Å². The van der Waals surface area contributed by atoms with E-state index in [9.17, 15) is 9.59 Å². The fourth-order valence-electron chi connectivity index (χ4n) is 0.910. The van der Waals surface area contributed by atoms with Crippen LogP contribution in [0, 0.1) is 0 Å². The van der Waals surface area contributed by atoms with Crippen molar-refractivity contribution in [1.82, 2.24) is 0 Å². The molecule has 0 aromatic carbocycles. The first-order valence-corrected chi connectivity index (χ1v) is 4.40. The zero-order chi connectivity index (χ0) is 11.8. The van der Waals surface area contributed by atoms with Crippen molar-refractivity contribution < 1.29 is 19.8 Å². The third-order valence-electron chi connectivity index (χ3n) is 1.64. The van der Waals surface area contributed by atoms with Crippen LogP contribution in [0.1, 0.15) is 19.8 Å². The summed E-state index contributed by atoms with van der Waals surface area (Å²) >= 11 is 0. The third-order valence-corrected chi connectivity index (χ3v) is 1.64. The molecule has 0 saturated heterocycles. The van der Waals surface area contributed by atoms with Crippen LogP contribution in [0.15, 0.2) is 36.0 Å². The van der Waals surface area contributed by atoms with Gasteiger partial charge < -0.3 is 10.2 Å². The van der Waals surface area contributed by atoms with Gasteiger partial charge in [-0.3, -0.25) is 9.59 Å². The normalized spacial score (nSPS) is 11.7. The van der Waals surface area contributed by atoms with E-state index < -0.39 is 11.9 Å². The number of allylic oxidation sites excluding steroid dienone is 3. The lowest BCUT2D eigenvalue weighted by Crippen LogP contribution is -1.96. The monoisotopic (exact) mass is 210 g/mol. The summed E-state index contributed by atoms with van der Waals surface area (Å²) in [6.07, 6.45) is 4.54.